The van der Waals surface area contributed by atoms with Gasteiger partial charge < -0.3 is 26.0 Å². The maximum atomic E-state index is 12.9. The van der Waals surface area contributed by atoms with Crippen LogP contribution < -0.4 is 11.1 Å². The van der Waals surface area contributed by atoms with E-state index in [1.807, 2.05) is 0 Å². The normalized spacial score (nSPS) is 13.0. The van der Waals surface area contributed by atoms with Crippen molar-refractivity contribution < 1.29 is 29.3 Å². The fourth-order valence-electron chi connectivity index (χ4n) is 3.09. The number of rotatable bonds is 8. The molecule has 0 saturated carbocycles. The molecule has 1 aromatic heterocycles. The van der Waals surface area contributed by atoms with Gasteiger partial charge in [0.05, 0.1) is 24.3 Å². The number of aromatic hydroxyl groups is 2. The molecule has 1 unspecified atom stereocenters. The SMILES string of the molecule is COC(=O)c1ccc(C(N)CC(=O)N[C@H](C(=O)c2c(O)[nH]c(O)c2C)C(C)C)cc1. The molecule has 0 aliphatic carbocycles. The number of H-pyrrole nitrogens is 1. The number of hydrogen-bond acceptors (Lipinski definition) is 7. The molecule has 6 N–H and O–H groups in total. The third-order valence-corrected chi connectivity index (χ3v) is 4.88. The van der Waals surface area contributed by atoms with Gasteiger partial charge in [-0.2, -0.15) is 0 Å². The van der Waals surface area contributed by atoms with Crippen LogP contribution in [0.15, 0.2) is 24.3 Å². The predicted octanol–water partition coefficient (Wildman–Crippen LogP) is 1.93. The Kier molecular flexibility index (Phi) is 7.23. The Morgan fingerprint density at radius 2 is 1.73 bits per heavy atom. The molecular formula is C21H27N3O6. The van der Waals surface area contributed by atoms with Crippen molar-refractivity contribution in [2.45, 2.75) is 39.3 Å². The summed E-state index contributed by atoms with van der Waals surface area (Å²) in [5, 5.41) is 22.3. The Balaban J connectivity index is 2.10. The van der Waals surface area contributed by atoms with Gasteiger partial charge in [0.2, 0.25) is 11.8 Å². The average Bonchev–Trinajstić information content (AvgIpc) is 2.96. The van der Waals surface area contributed by atoms with Gasteiger partial charge in [-0.05, 0) is 30.5 Å². The molecular weight excluding hydrogens is 390 g/mol. The van der Waals surface area contributed by atoms with E-state index in [2.05, 4.69) is 15.0 Å². The molecule has 0 radical (unpaired) electrons. The van der Waals surface area contributed by atoms with Crippen LogP contribution in [0.3, 0.4) is 0 Å². The summed E-state index contributed by atoms with van der Waals surface area (Å²) in [7, 11) is 1.29. The summed E-state index contributed by atoms with van der Waals surface area (Å²) >= 11 is 0. The van der Waals surface area contributed by atoms with Crippen molar-refractivity contribution in [1.82, 2.24) is 10.3 Å². The number of aromatic amines is 1. The minimum atomic E-state index is -0.911. The second kappa shape index (κ2) is 9.45. The van der Waals surface area contributed by atoms with Gasteiger partial charge >= 0.3 is 5.97 Å². The molecule has 1 heterocycles. The van der Waals surface area contributed by atoms with Crippen molar-refractivity contribution in [3.05, 3.63) is 46.5 Å². The molecule has 0 fully saturated rings. The lowest BCUT2D eigenvalue weighted by Gasteiger charge is -2.22. The summed E-state index contributed by atoms with van der Waals surface area (Å²) in [6.45, 7) is 5.01. The summed E-state index contributed by atoms with van der Waals surface area (Å²) in [6, 6.07) is 4.84. The van der Waals surface area contributed by atoms with Crippen LogP contribution in [0.2, 0.25) is 0 Å². The molecule has 30 heavy (non-hydrogen) atoms. The molecule has 9 nitrogen and oxygen atoms in total. The number of ether oxygens (including phenoxy) is 1. The lowest BCUT2D eigenvalue weighted by Crippen LogP contribution is -2.45. The third-order valence-electron chi connectivity index (χ3n) is 4.88. The van der Waals surface area contributed by atoms with E-state index in [0.29, 0.717) is 11.1 Å². The quantitative estimate of drug-likeness (QED) is 0.325. The van der Waals surface area contributed by atoms with E-state index in [1.54, 1.807) is 38.1 Å². The standard InChI is InChI=1S/C21H27N3O6/c1-10(2)17(18(26)16-11(3)19(27)24-20(16)28)23-15(25)9-14(22)12-5-7-13(8-6-12)21(29)30-4/h5-8,10,14,17,24,27-28H,9,22H2,1-4H3,(H,23,25)/t14?,17-/m0/s1. The topological polar surface area (TPSA) is 155 Å². The maximum Gasteiger partial charge on any atom is 0.337 e. The Morgan fingerprint density at radius 1 is 1.13 bits per heavy atom. The molecule has 162 valence electrons. The van der Waals surface area contributed by atoms with Crippen molar-refractivity contribution >= 4 is 17.7 Å². The lowest BCUT2D eigenvalue weighted by atomic mass is 9.93. The molecule has 0 aliphatic heterocycles. The van der Waals surface area contributed by atoms with E-state index in [-0.39, 0.29) is 29.3 Å². The summed E-state index contributed by atoms with van der Waals surface area (Å²) in [5.74, 6) is -2.45. The summed E-state index contributed by atoms with van der Waals surface area (Å²) in [4.78, 5) is 39.2. The molecule has 9 heteroatoms. The molecule has 2 atom stereocenters. The van der Waals surface area contributed by atoms with Crippen LogP contribution in [0.1, 0.15) is 58.2 Å². The van der Waals surface area contributed by atoms with E-state index < -0.39 is 35.6 Å². The smallest absolute Gasteiger partial charge is 0.337 e. The van der Waals surface area contributed by atoms with Gasteiger partial charge in [0.1, 0.15) is 0 Å². The highest BCUT2D eigenvalue weighted by Crippen LogP contribution is 2.30. The van der Waals surface area contributed by atoms with Gasteiger partial charge in [-0.25, -0.2) is 4.79 Å². The first kappa shape index (κ1) is 23.0. The zero-order chi connectivity index (χ0) is 22.6. The molecule has 0 spiro atoms. The largest absolute Gasteiger partial charge is 0.494 e. The number of benzene rings is 1. The number of methoxy groups -OCH3 is 1. The summed E-state index contributed by atoms with van der Waals surface area (Å²) in [5.41, 5.74) is 7.27. The number of carbonyl (C=O) groups excluding carboxylic acids is 3. The van der Waals surface area contributed by atoms with Crippen molar-refractivity contribution in [2.24, 2.45) is 11.7 Å². The Hall–Kier alpha value is -3.33. The van der Waals surface area contributed by atoms with Gasteiger partial charge in [0, 0.05) is 18.0 Å². The monoisotopic (exact) mass is 417 g/mol. The van der Waals surface area contributed by atoms with Crippen LogP contribution in [-0.2, 0) is 9.53 Å². The first-order valence-corrected chi connectivity index (χ1v) is 9.44. The van der Waals surface area contributed by atoms with Crippen molar-refractivity contribution in [2.75, 3.05) is 7.11 Å². The number of amides is 1. The number of nitrogens with two attached hydrogens (primary N) is 1. The number of esters is 1. The number of hydrogen-bond donors (Lipinski definition) is 5. The molecule has 2 rings (SSSR count). The fourth-order valence-corrected chi connectivity index (χ4v) is 3.09. The van der Waals surface area contributed by atoms with Crippen LogP contribution in [0.5, 0.6) is 11.8 Å². The van der Waals surface area contributed by atoms with E-state index in [1.165, 1.54) is 14.0 Å². The van der Waals surface area contributed by atoms with Crippen molar-refractivity contribution in [3.8, 4) is 11.8 Å². The highest BCUT2D eigenvalue weighted by Gasteiger charge is 2.31. The molecule has 1 aromatic carbocycles. The van der Waals surface area contributed by atoms with Crippen molar-refractivity contribution in [3.63, 3.8) is 0 Å². The van der Waals surface area contributed by atoms with Crippen LogP contribution in [0.4, 0.5) is 0 Å². The highest BCUT2D eigenvalue weighted by molar-refractivity contribution is 6.05. The third kappa shape index (κ3) is 4.98. The van der Waals surface area contributed by atoms with E-state index in [4.69, 9.17) is 5.73 Å². The molecule has 0 bridgehead atoms. The number of ketones is 1. The minimum absolute atomic E-state index is 0.0609. The summed E-state index contributed by atoms with van der Waals surface area (Å²) in [6.07, 6.45) is -0.0859. The van der Waals surface area contributed by atoms with Crippen LogP contribution >= 0.6 is 0 Å². The van der Waals surface area contributed by atoms with Crippen LogP contribution in [0.25, 0.3) is 0 Å². The van der Waals surface area contributed by atoms with Crippen LogP contribution in [0, 0.1) is 12.8 Å². The van der Waals surface area contributed by atoms with Gasteiger partial charge in [-0.15, -0.1) is 0 Å². The lowest BCUT2D eigenvalue weighted by molar-refractivity contribution is -0.122. The van der Waals surface area contributed by atoms with E-state index in [9.17, 15) is 24.6 Å². The number of aromatic nitrogens is 1. The number of carbonyl (C=O) groups is 3. The Labute approximate surface area is 174 Å². The first-order valence-electron chi connectivity index (χ1n) is 9.44. The van der Waals surface area contributed by atoms with E-state index >= 15 is 0 Å². The molecule has 1 amide bonds. The van der Waals surface area contributed by atoms with Crippen LogP contribution in [-0.4, -0.2) is 46.0 Å². The van der Waals surface area contributed by atoms with Crippen molar-refractivity contribution in [1.29, 1.82) is 0 Å². The van der Waals surface area contributed by atoms with Gasteiger partial charge in [-0.3, -0.25) is 14.6 Å². The van der Waals surface area contributed by atoms with Gasteiger partial charge in [0.15, 0.2) is 11.7 Å². The number of Topliss-reactive ketones (excluding diaryl/α,β-unsaturated/α-hetero) is 1. The molecule has 0 saturated heterocycles. The van der Waals surface area contributed by atoms with E-state index in [0.717, 1.165) is 0 Å². The molecule has 0 aliphatic rings. The zero-order valence-corrected chi connectivity index (χ0v) is 17.4. The highest BCUT2D eigenvalue weighted by atomic mass is 16.5. The first-order chi connectivity index (χ1) is 14.1. The Bertz CT molecular complexity index is 933. The van der Waals surface area contributed by atoms with Gasteiger partial charge in [-0.1, -0.05) is 26.0 Å². The van der Waals surface area contributed by atoms with Gasteiger partial charge in [0.25, 0.3) is 0 Å². The average molecular weight is 417 g/mol. The molecule has 2 aromatic rings. The maximum absolute atomic E-state index is 12.9. The second-order valence-corrected chi connectivity index (χ2v) is 7.40. The predicted molar refractivity (Wildman–Crippen MR) is 109 cm³/mol. The fraction of sp³-hybridized carbons (Fsp3) is 0.381. The zero-order valence-electron chi connectivity index (χ0n) is 17.4. The number of nitrogens with one attached hydrogen (secondary N) is 2. The minimum Gasteiger partial charge on any atom is -0.494 e. The Morgan fingerprint density at radius 3 is 2.20 bits per heavy atom. The second-order valence-electron chi connectivity index (χ2n) is 7.40. The summed E-state index contributed by atoms with van der Waals surface area (Å²) < 4.78 is 4.64.